The highest BCUT2D eigenvalue weighted by Crippen LogP contribution is 2.15. The van der Waals surface area contributed by atoms with Gasteiger partial charge in [-0.15, -0.1) is 0 Å². The van der Waals surface area contributed by atoms with E-state index in [1.165, 1.54) is 0 Å². The Labute approximate surface area is 109 Å². The minimum Gasteiger partial charge on any atom is -0.355 e. The first kappa shape index (κ1) is 15.0. The van der Waals surface area contributed by atoms with Crippen LogP contribution < -0.4 is 16.0 Å². The van der Waals surface area contributed by atoms with E-state index in [-0.39, 0.29) is 23.8 Å². The van der Waals surface area contributed by atoms with E-state index in [9.17, 15) is 9.59 Å². The van der Waals surface area contributed by atoms with Crippen molar-refractivity contribution in [3.63, 3.8) is 0 Å². The fourth-order valence-corrected chi connectivity index (χ4v) is 1.79. The minimum absolute atomic E-state index is 0.00242. The predicted octanol–water partition coefficient (Wildman–Crippen LogP) is 0.263. The standard InChI is InChI=1S/C13H25N3O2/c1-4-9(2)16-12(17)5-6-15-13(18)10(3)11-7-14-8-11/h9-11,14H,4-8H2,1-3H3,(H,15,18)(H,16,17). The van der Waals surface area contributed by atoms with E-state index in [4.69, 9.17) is 0 Å². The maximum Gasteiger partial charge on any atom is 0.223 e. The van der Waals surface area contributed by atoms with Crippen molar-refractivity contribution >= 4 is 11.8 Å². The highest BCUT2D eigenvalue weighted by molar-refractivity contribution is 5.80. The summed E-state index contributed by atoms with van der Waals surface area (Å²) >= 11 is 0. The van der Waals surface area contributed by atoms with Crippen LogP contribution in [0.2, 0.25) is 0 Å². The van der Waals surface area contributed by atoms with Gasteiger partial charge in [0, 0.05) is 24.9 Å². The smallest absolute Gasteiger partial charge is 0.223 e. The number of hydrogen-bond donors (Lipinski definition) is 3. The quantitative estimate of drug-likeness (QED) is 0.611. The maximum absolute atomic E-state index is 11.8. The molecule has 1 aliphatic rings. The molecule has 0 spiro atoms. The van der Waals surface area contributed by atoms with E-state index in [2.05, 4.69) is 16.0 Å². The van der Waals surface area contributed by atoms with Gasteiger partial charge in [-0.2, -0.15) is 0 Å². The highest BCUT2D eigenvalue weighted by atomic mass is 16.2. The van der Waals surface area contributed by atoms with Crippen LogP contribution in [-0.2, 0) is 9.59 Å². The first-order chi connectivity index (χ1) is 8.54. The average molecular weight is 255 g/mol. The highest BCUT2D eigenvalue weighted by Gasteiger charge is 2.28. The fraction of sp³-hybridized carbons (Fsp3) is 0.846. The summed E-state index contributed by atoms with van der Waals surface area (Å²) in [5, 5.41) is 8.86. The van der Waals surface area contributed by atoms with E-state index < -0.39 is 0 Å². The number of hydrogen-bond acceptors (Lipinski definition) is 3. The van der Waals surface area contributed by atoms with Gasteiger partial charge in [-0.3, -0.25) is 9.59 Å². The zero-order chi connectivity index (χ0) is 13.5. The molecule has 3 N–H and O–H groups in total. The van der Waals surface area contributed by atoms with Crippen molar-refractivity contribution in [1.29, 1.82) is 0 Å². The molecule has 0 bridgehead atoms. The second-order valence-electron chi connectivity index (χ2n) is 5.12. The lowest BCUT2D eigenvalue weighted by molar-refractivity contribution is -0.127. The SMILES string of the molecule is CCC(C)NC(=O)CCNC(=O)C(C)C1CNC1. The molecule has 0 saturated carbocycles. The first-order valence-corrected chi connectivity index (χ1v) is 6.82. The van der Waals surface area contributed by atoms with E-state index in [0.29, 0.717) is 18.9 Å². The Morgan fingerprint density at radius 2 is 2.00 bits per heavy atom. The van der Waals surface area contributed by atoms with Gasteiger partial charge in [0.25, 0.3) is 0 Å². The molecule has 2 unspecified atom stereocenters. The molecule has 104 valence electrons. The van der Waals surface area contributed by atoms with Crippen LogP contribution >= 0.6 is 0 Å². The van der Waals surface area contributed by atoms with Gasteiger partial charge in [0.05, 0.1) is 0 Å². The van der Waals surface area contributed by atoms with Crippen LogP contribution in [0, 0.1) is 11.8 Å². The van der Waals surface area contributed by atoms with E-state index >= 15 is 0 Å². The van der Waals surface area contributed by atoms with Crippen molar-refractivity contribution in [2.75, 3.05) is 19.6 Å². The average Bonchev–Trinajstić information content (AvgIpc) is 2.26. The molecule has 0 aliphatic carbocycles. The third-order valence-electron chi connectivity index (χ3n) is 3.60. The molecule has 18 heavy (non-hydrogen) atoms. The fourth-order valence-electron chi connectivity index (χ4n) is 1.79. The summed E-state index contributed by atoms with van der Waals surface area (Å²) in [6, 6.07) is 0.202. The van der Waals surface area contributed by atoms with Gasteiger partial charge in [-0.05, 0) is 32.4 Å². The molecule has 1 heterocycles. The third kappa shape index (κ3) is 4.64. The molecule has 0 aromatic carbocycles. The first-order valence-electron chi connectivity index (χ1n) is 6.82. The summed E-state index contributed by atoms with van der Waals surface area (Å²) in [5.74, 6) is 0.531. The molecular weight excluding hydrogens is 230 g/mol. The summed E-state index contributed by atoms with van der Waals surface area (Å²) in [5.41, 5.74) is 0. The van der Waals surface area contributed by atoms with Gasteiger partial charge in [0.1, 0.15) is 0 Å². The monoisotopic (exact) mass is 255 g/mol. The molecular formula is C13H25N3O2. The number of carbonyl (C=O) groups excluding carboxylic acids is 2. The number of carbonyl (C=O) groups is 2. The van der Waals surface area contributed by atoms with Gasteiger partial charge in [-0.1, -0.05) is 13.8 Å². The lowest BCUT2D eigenvalue weighted by Crippen LogP contribution is -2.49. The van der Waals surface area contributed by atoms with Crippen LogP contribution in [0.15, 0.2) is 0 Å². The Hall–Kier alpha value is -1.10. The van der Waals surface area contributed by atoms with Crippen LogP contribution in [0.5, 0.6) is 0 Å². The lowest BCUT2D eigenvalue weighted by atomic mass is 9.88. The topological polar surface area (TPSA) is 70.2 Å². The molecule has 2 atom stereocenters. The Bertz CT molecular complexity index is 290. The summed E-state index contributed by atoms with van der Waals surface area (Å²) in [7, 11) is 0. The Kier molecular flexibility index (Phi) is 6.12. The van der Waals surface area contributed by atoms with Crippen molar-refractivity contribution in [3.05, 3.63) is 0 Å². The molecule has 0 aromatic rings. The second-order valence-corrected chi connectivity index (χ2v) is 5.12. The van der Waals surface area contributed by atoms with Crippen LogP contribution in [0.1, 0.15) is 33.6 Å². The minimum atomic E-state index is 0.00242. The van der Waals surface area contributed by atoms with Crippen molar-refractivity contribution in [3.8, 4) is 0 Å². The molecule has 2 amide bonds. The van der Waals surface area contributed by atoms with Gasteiger partial charge in [0.2, 0.25) is 11.8 Å². The predicted molar refractivity (Wildman–Crippen MR) is 71.0 cm³/mol. The van der Waals surface area contributed by atoms with Gasteiger partial charge >= 0.3 is 0 Å². The number of amides is 2. The van der Waals surface area contributed by atoms with Crippen LogP contribution in [0.25, 0.3) is 0 Å². The number of nitrogens with one attached hydrogen (secondary N) is 3. The molecule has 1 rings (SSSR count). The van der Waals surface area contributed by atoms with Crippen molar-refractivity contribution < 1.29 is 9.59 Å². The summed E-state index contributed by atoms with van der Waals surface area (Å²) in [6.45, 7) is 8.21. The largest absolute Gasteiger partial charge is 0.355 e. The maximum atomic E-state index is 11.8. The van der Waals surface area contributed by atoms with Crippen LogP contribution in [0.4, 0.5) is 0 Å². The summed E-state index contributed by atoms with van der Waals surface area (Å²) in [6.07, 6.45) is 1.27. The van der Waals surface area contributed by atoms with Gasteiger partial charge in [0.15, 0.2) is 0 Å². The zero-order valence-electron chi connectivity index (χ0n) is 11.6. The Morgan fingerprint density at radius 3 is 2.50 bits per heavy atom. The van der Waals surface area contributed by atoms with Crippen LogP contribution in [-0.4, -0.2) is 37.5 Å². The Balaban J connectivity index is 2.12. The zero-order valence-corrected chi connectivity index (χ0v) is 11.6. The lowest BCUT2D eigenvalue weighted by Gasteiger charge is -2.31. The molecule has 5 heteroatoms. The van der Waals surface area contributed by atoms with E-state index in [0.717, 1.165) is 19.5 Å². The number of rotatable bonds is 7. The van der Waals surface area contributed by atoms with Gasteiger partial charge < -0.3 is 16.0 Å². The van der Waals surface area contributed by atoms with Crippen LogP contribution in [0.3, 0.4) is 0 Å². The summed E-state index contributed by atoms with van der Waals surface area (Å²) in [4.78, 5) is 23.3. The molecule has 1 aliphatic heterocycles. The molecule has 5 nitrogen and oxygen atoms in total. The Morgan fingerprint density at radius 1 is 1.33 bits per heavy atom. The van der Waals surface area contributed by atoms with Crippen molar-refractivity contribution in [1.82, 2.24) is 16.0 Å². The third-order valence-corrected chi connectivity index (χ3v) is 3.60. The molecule has 1 fully saturated rings. The molecule has 1 saturated heterocycles. The normalized spacial score (nSPS) is 18.6. The van der Waals surface area contributed by atoms with Crippen molar-refractivity contribution in [2.24, 2.45) is 11.8 Å². The molecule has 0 aromatic heterocycles. The van der Waals surface area contributed by atoms with Gasteiger partial charge in [-0.25, -0.2) is 0 Å². The van der Waals surface area contributed by atoms with E-state index in [1.54, 1.807) is 0 Å². The summed E-state index contributed by atoms with van der Waals surface area (Å²) < 4.78 is 0. The van der Waals surface area contributed by atoms with E-state index in [1.807, 2.05) is 20.8 Å². The van der Waals surface area contributed by atoms with Crippen molar-refractivity contribution in [2.45, 2.75) is 39.7 Å². The second kappa shape index (κ2) is 7.36. The molecule has 0 radical (unpaired) electrons.